The molecule has 1 aliphatic carbocycles. The fourth-order valence-corrected chi connectivity index (χ4v) is 2.55. The molecule has 1 aliphatic rings. The van der Waals surface area contributed by atoms with E-state index in [1.165, 1.54) is 6.42 Å². The van der Waals surface area contributed by atoms with E-state index in [0.717, 1.165) is 31.6 Å². The highest BCUT2D eigenvalue weighted by molar-refractivity contribution is 4.79. The Morgan fingerprint density at radius 1 is 1.19 bits per heavy atom. The van der Waals surface area contributed by atoms with Gasteiger partial charge >= 0.3 is 6.18 Å². The summed E-state index contributed by atoms with van der Waals surface area (Å²) in [5.41, 5.74) is 0. The molecular formula is C12H22F3N. The van der Waals surface area contributed by atoms with E-state index in [1.54, 1.807) is 6.92 Å². The normalized spacial score (nSPS) is 29.1. The third-order valence-electron chi connectivity index (χ3n) is 3.48. The second-order valence-corrected chi connectivity index (χ2v) is 5.01. The van der Waals surface area contributed by atoms with Crippen molar-refractivity contribution in [1.82, 2.24) is 5.32 Å². The third kappa shape index (κ3) is 5.19. The van der Waals surface area contributed by atoms with Crippen LogP contribution in [0.15, 0.2) is 0 Å². The first-order valence-electron chi connectivity index (χ1n) is 6.23. The van der Waals surface area contributed by atoms with Gasteiger partial charge in [-0.05, 0) is 38.5 Å². The molecule has 1 N–H and O–H groups in total. The lowest BCUT2D eigenvalue weighted by Gasteiger charge is -2.31. The van der Waals surface area contributed by atoms with Crippen molar-refractivity contribution in [3.63, 3.8) is 0 Å². The lowest BCUT2D eigenvalue weighted by Crippen LogP contribution is -2.41. The van der Waals surface area contributed by atoms with Gasteiger partial charge in [0.15, 0.2) is 0 Å². The molecule has 1 rings (SSSR count). The molecule has 0 bridgehead atoms. The predicted molar refractivity (Wildman–Crippen MR) is 59.3 cm³/mol. The Kier molecular flexibility index (Phi) is 5.09. The van der Waals surface area contributed by atoms with Crippen LogP contribution < -0.4 is 5.32 Å². The molecule has 1 unspecified atom stereocenters. The first kappa shape index (κ1) is 13.8. The molecule has 0 aliphatic heterocycles. The second-order valence-electron chi connectivity index (χ2n) is 5.01. The van der Waals surface area contributed by atoms with Gasteiger partial charge in [0.2, 0.25) is 0 Å². The Morgan fingerprint density at radius 2 is 1.75 bits per heavy atom. The van der Waals surface area contributed by atoms with Crippen molar-refractivity contribution < 1.29 is 13.2 Å². The van der Waals surface area contributed by atoms with Crippen LogP contribution in [0.1, 0.15) is 52.4 Å². The standard InChI is InChI=1S/C12H22F3N/c1-3-10-4-6-11(7-5-10)16-9(2)8-12(13,14)15/h9-11,16H,3-8H2,1-2H3. The molecule has 96 valence electrons. The van der Waals surface area contributed by atoms with Crippen molar-refractivity contribution in [2.24, 2.45) is 5.92 Å². The van der Waals surface area contributed by atoms with Crippen LogP contribution in [0.2, 0.25) is 0 Å². The Balaban J connectivity index is 2.23. The van der Waals surface area contributed by atoms with Crippen molar-refractivity contribution in [2.75, 3.05) is 0 Å². The zero-order chi connectivity index (χ0) is 12.2. The topological polar surface area (TPSA) is 12.0 Å². The van der Waals surface area contributed by atoms with E-state index in [1.807, 2.05) is 0 Å². The van der Waals surface area contributed by atoms with Crippen LogP contribution in [0.5, 0.6) is 0 Å². The molecule has 1 nitrogen and oxygen atoms in total. The summed E-state index contributed by atoms with van der Waals surface area (Å²) in [7, 11) is 0. The Hall–Kier alpha value is -0.250. The van der Waals surface area contributed by atoms with Crippen LogP contribution in [0.4, 0.5) is 13.2 Å². The Labute approximate surface area is 95.8 Å². The second kappa shape index (κ2) is 5.89. The molecule has 16 heavy (non-hydrogen) atoms. The molecule has 0 heterocycles. The SMILES string of the molecule is CCC1CCC(NC(C)CC(F)(F)F)CC1. The molecule has 0 aromatic carbocycles. The average molecular weight is 237 g/mol. The summed E-state index contributed by atoms with van der Waals surface area (Å²) < 4.78 is 36.4. The van der Waals surface area contributed by atoms with Crippen LogP contribution in [-0.2, 0) is 0 Å². The van der Waals surface area contributed by atoms with Crippen LogP contribution >= 0.6 is 0 Å². The van der Waals surface area contributed by atoms with Gasteiger partial charge in [-0.25, -0.2) is 0 Å². The summed E-state index contributed by atoms with van der Waals surface area (Å²) in [6.07, 6.45) is 0.805. The molecule has 1 saturated carbocycles. The van der Waals surface area contributed by atoms with E-state index in [4.69, 9.17) is 0 Å². The molecule has 0 spiro atoms. The molecule has 1 fully saturated rings. The molecule has 1 atom stereocenters. The highest BCUT2D eigenvalue weighted by Crippen LogP contribution is 2.28. The molecule has 0 radical (unpaired) electrons. The summed E-state index contributed by atoms with van der Waals surface area (Å²) in [5.74, 6) is 0.788. The van der Waals surface area contributed by atoms with Gasteiger partial charge in [0, 0.05) is 12.1 Å². The number of nitrogens with one attached hydrogen (secondary N) is 1. The summed E-state index contributed by atoms with van der Waals surface area (Å²) in [6, 6.07) is -0.164. The van der Waals surface area contributed by atoms with Crippen molar-refractivity contribution in [1.29, 1.82) is 0 Å². The number of rotatable bonds is 4. The van der Waals surface area contributed by atoms with Crippen molar-refractivity contribution in [3.8, 4) is 0 Å². The number of alkyl halides is 3. The zero-order valence-corrected chi connectivity index (χ0v) is 10.1. The monoisotopic (exact) mass is 237 g/mol. The molecule has 0 saturated heterocycles. The molecule has 0 amide bonds. The maximum absolute atomic E-state index is 12.1. The Morgan fingerprint density at radius 3 is 2.19 bits per heavy atom. The largest absolute Gasteiger partial charge is 0.390 e. The summed E-state index contributed by atoms with van der Waals surface area (Å²) in [6.45, 7) is 3.81. The number of halogens is 3. The quantitative estimate of drug-likeness (QED) is 0.782. The van der Waals surface area contributed by atoms with Gasteiger partial charge in [-0.2, -0.15) is 13.2 Å². The Bertz CT molecular complexity index is 195. The highest BCUT2D eigenvalue weighted by Gasteiger charge is 2.31. The van der Waals surface area contributed by atoms with E-state index in [-0.39, 0.29) is 0 Å². The van der Waals surface area contributed by atoms with E-state index >= 15 is 0 Å². The van der Waals surface area contributed by atoms with Gasteiger partial charge in [-0.3, -0.25) is 0 Å². The minimum atomic E-state index is -4.05. The van der Waals surface area contributed by atoms with Crippen LogP contribution in [0, 0.1) is 5.92 Å². The maximum atomic E-state index is 12.1. The van der Waals surface area contributed by atoms with Gasteiger partial charge in [-0.15, -0.1) is 0 Å². The lowest BCUT2D eigenvalue weighted by atomic mass is 9.84. The molecular weight excluding hydrogens is 215 g/mol. The van der Waals surface area contributed by atoms with Crippen molar-refractivity contribution in [3.05, 3.63) is 0 Å². The van der Waals surface area contributed by atoms with Gasteiger partial charge in [-0.1, -0.05) is 13.3 Å². The van der Waals surface area contributed by atoms with E-state index in [2.05, 4.69) is 12.2 Å². The predicted octanol–water partition coefficient (Wildman–Crippen LogP) is 3.89. The van der Waals surface area contributed by atoms with Crippen molar-refractivity contribution >= 4 is 0 Å². The minimum Gasteiger partial charge on any atom is -0.311 e. The smallest absolute Gasteiger partial charge is 0.311 e. The van der Waals surface area contributed by atoms with E-state index in [0.29, 0.717) is 6.04 Å². The molecule has 0 aromatic rings. The number of hydrogen-bond donors (Lipinski definition) is 1. The first-order chi connectivity index (χ1) is 7.40. The van der Waals surface area contributed by atoms with Gasteiger partial charge in [0.05, 0.1) is 6.42 Å². The van der Waals surface area contributed by atoms with E-state index < -0.39 is 18.6 Å². The summed E-state index contributed by atoms with van der Waals surface area (Å²) >= 11 is 0. The minimum absolute atomic E-state index is 0.292. The van der Waals surface area contributed by atoms with Gasteiger partial charge in [0.1, 0.15) is 0 Å². The summed E-state index contributed by atoms with van der Waals surface area (Å²) in [4.78, 5) is 0. The number of hydrogen-bond acceptors (Lipinski definition) is 1. The van der Waals surface area contributed by atoms with Crippen LogP contribution in [-0.4, -0.2) is 18.3 Å². The summed E-state index contributed by atoms with van der Waals surface area (Å²) in [5, 5.41) is 3.10. The third-order valence-corrected chi connectivity index (χ3v) is 3.48. The van der Waals surface area contributed by atoms with Gasteiger partial charge in [0.25, 0.3) is 0 Å². The molecule has 0 aromatic heterocycles. The fraction of sp³-hybridized carbons (Fsp3) is 1.00. The average Bonchev–Trinajstić information content (AvgIpc) is 2.16. The van der Waals surface area contributed by atoms with Gasteiger partial charge < -0.3 is 5.32 Å². The lowest BCUT2D eigenvalue weighted by molar-refractivity contribution is -0.139. The first-order valence-corrected chi connectivity index (χ1v) is 6.23. The van der Waals surface area contributed by atoms with E-state index in [9.17, 15) is 13.2 Å². The fourth-order valence-electron chi connectivity index (χ4n) is 2.55. The molecule has 4 heteroatoms. The maximum Gasteiger partial charge on any atom is 0.390 e. The zero-order valence-electron chi connectivity index (χ0n) is 10.1. The van der Waals surface area contributed by atoms with Crippen molar-refractivity contribution in [2.45, 2.75) is 70.6 Å². The van der Waals surface area contributed by atoms with Crippen LogP contribution in [0.25, 0.3) is 0 Å². The van der Waals surface area contributed by atoms with Crippen LogP contribution in [0.3, 0.4) is 0 Å². The highest BCUT2D eigenvalue weighted by atomic mass is 19.4.